The van der Waals surface area contributed by atoms with Gasteiger partial charge in [-0.2, -0.15) is 0 Å². The highest BCUT2D eigenvalue weighted by Crippen LogP contribution is 2.21. The lowest BCUT2D eigenvalue weighted by molar-refractivity contribution is -0.0288. The number of hydrogen-bond donors (Lipinski definition) is 1. The molecule has 0 spiro atoms. The van der Waals surface area contributed by atoms with Crippen LogP contribution in [-0.4, -0.2) is 18.2 Å². The Balaban J connectivity index is 2.73. The molecule has 1 atom stereocenters. The molecule has 1 aromatic carbocycles. The van der Waals surface area contributed by atoms with Gasteiger partial charge in [0.25, 0.3) is 0 Å². The molecule has 0 aliphatic rings. The third kappa shape index (κ3) is 4.05. The highest BCUT2D eigenvalue weighted by atomic mass is 79.9. The van der Waals surface area contributed by atoms with Gasteiger partial charge in [-0.05, 0) is 60.8 Å². The van der Waals surface area contributed by atoms with Gasteiger partial charge in [-0.1, -0.05) is 6.07 Å². The molecule has 96 valence electrons. The van der Waals surface area contributed by atoms with E-state index in [4.69, 9.17) is 10.5 Å². The second-order valence-electron chi connectivity index (χ2n) is 4.60. The number of rotatable bonds is 5. The number of hydrogen-bond acceptors (Lipinski definition) is 2. The maximum Gasteiger partial charge on any atom is 0.137 e. The molecule has 0 aromatic heterocycles. The Labute approximate surface area is 110 Å². The molecule has 0 saturated carbocycles. The van der Waals surface area contributed by atoms with Crippen LogP contribution in [0.1, 0.15) is 26.3 Å². The fourth-order valence-electron chi connectivity index (χ4n) is 1.65. The SMILES string of the molecule is CCOC(C)(C)C(N)Cc1ccc(F)c(Br)c1. The molecule has 0 amide bonds. The van der Waals surface area contributed by atoms with Crippen molar-refractivity contribution in [2.75, 3.05) is 6.61 Å². The van der Waals surface area contributed by atoms with E-state index < -0.39 is 0 Å². The van der Waals surface area contributed by atoms with E-state index in [9.17, 15) is 4.39 Å². The largest absolute Gasteiger partial charge is 0.374 e. The zero-order valence-corrected chi connectivity index (χ0v) is 12.1. The van der Waals surface area contributed by atoms with Gasteiger partial charge in [0.2, 0.25) is 0 Å². The van der Waals surface area contributed by atoms with Crippen LogP contribution in [-0.2, 0) is 11.2 Å². The lowest BCUT2D eigenvalue weighted by atomic mass is 9.93. The number of halogens is 2. The molecular formula is C13H19BrFNO. The van der Waals surface area contributed by atoms with Crippen LogP contribution in [0.25, 0.3) is 0 Å². The van der Waals surface area contributed by atoms with Crippen LogP contribution < -0.4 is 5.73 Å². The molecule has 1 aromatic rings. The second-order valence-corrected chi connectivity index (χ2v) is 5.45. The molecule has 2 nitrogen and oxygen atoms in total. The maximum atomic E-state index is 13.1. The van der Waals surface area contributed by atoms with Gasteiger partial charge in [0.1, 0.15) is 5.82 Å². The summed E-state index contributed by atoms with van der Waals surface area (Å²) in [6, 6.07) is 4.83. The molecule has 1 unspecified atom stereocenters. The number of ether oxygens (including phenoxy) is 1. The van der Waals surface area contributed by atoms with Gasteiger partial charge in [0.15, 0.2) is 0 Å². The minimum Gasteiger partial charge on any atom is -0.374 e. The summed E-state index contributed by atoms with van der Waals surface area (Å²) in [5, 5.41) is 0. The first kappa shape index (κ1) is 14.6. The van der Waals surface area contributed by atoms with Gasteiger partial charge in [0, 0.05) is 12.6 Å². The van der Waals surface area contributed by atoms with Crippen molar-refractivity contribution in [2.24, 2.45) is 5.73 Å². The van der Waals surface area contributed by atoms with E-state index in [1.54, 1.807) is 12.1 Å². The predicted octanol–water partition coefficient (Wildman–Crippen LogP) is 3.27. The Morgan fingerprint density at radius 3 is 2.65 bits per heavy atom. The number of benzene rings is 1. The summed E-state index contributed by atoms with van der Waals surface area (Å²) in [4.78, 5) is 0. The van der Waals surface area contributed by atoms with Crippen LogP contribution >= 0.6 is 15.9 Å². The van der Waals surface area contributed by atoms with Gasteiger partial charge >= 0.3 is 0 Å². The van der Waals surface area contributed by atoms with Gasteiger partial charge in [-0.15, -0.1) is 0 Å². The van der Waals surface area contributed by atoms with Crippen molar-refractivity contribution < 1.29 is 9.13 Å². The Morgan fingerprint density at radius 1 is 1.47 bits per heavy atom. The van der Waals surface area contributed by atoms with E-state index in [0.717, 1.165) is 5.56 Å². The highest BCUT2D eigenvalue weighted by molar-refractivity contribution is 9.10. The fourth-order valence-corrected chi connectivity index (χ4v) is 2.07. The van der Waals surface area contributed by atoms with E-state index in [0.29, 0.717) is 17.5 Å². The fraction of sp³-hybridized carbons (Fsp3) is 0.538. The third-order valence-electron chi connectivity index (χ3n) is 2.85. The van der Waals surface area contributed by atoms with Gasteiger partial charge in [-0.25, -0.2) is 4.39 Å². The minimum absolute atomic E-state index is 0.125. The summed E-state index contributed by atoms with van der Waals surface area (Å²) in [6.07, 6.45) is 0.659. The van der Waals surface area contributed by atoms with Crippen molar-refractivity contribution in [3.63, 3.8) is 0 Å². The van der Waals surface area contributed by atoms with Crippen molar-refractivity contribution in [1.82, 2.24) is 0 Å². The first-order chi connectivity index (χ1) is 7.86. The molecule has 2 N–H and O–H groups in total. The zero-order valence-electron chi connectivity index (χ0n) is 10.5. The molecule has 0 bridgehead atoms. The van der Waals surface area contributed by atoms with Crippen molar-refractivity contribution in [3.8, 4) is 0 Å². The standard InChI is InChI=1S/C13H19BrFNO/c1-4-17-13(2,3)12(16)8-9-5-6-11(15)10(14)7-9/h5-7,12H,4,8,16H2,1-3H3. The van der Waals surface area contributed by atoms with E-state index >= 15 is 0 Å². The Bertz CT molecular complexity index is 382. The third-order valence-corrected chi connectivity index (χ3v) is 3.46. The quantitative estimate of drug-likeness (QED) is 0.906. The zero-order chi connectivity index (χ0) is 13.1. The van der Waals surface area contributed by atoms with E-state index in [-0.39, 0.29) is 17.5 Å². The summed E-state index contributed by atoms with van der Waals surface area (Å²) < 4.78 is 19.2. The molecule has 4 heteroatoms. The summed E-state index contributed by atoms with van der Waals surface area (Å²) in [7, 11) is 0. The molecule has 0 aliphatic carbocycles. The Hall–Kier alpha value is -0.450. The molecule has 0 heterocycles. The van der Waals surface area contributed by atoms with E-state index in [2.05, 4.69) is 15.9 Å². The monoisotopic (exact) mass is 303 g/mol. The summed E-state index contributed by atoms with van der Waals surface area (Å²) in [5.74, 6) is -0.258. The first-order valence-corrected chi connectivity index (χ1v) is 6.49. The lowest BCUT2D eigenvalue weighted by Crippen LogP contribution is -2.46. The second kappa shape index (κ2) is 5.94. The highest BCUT2D eigenvalue weighted by Gasteiger charge is 2.26. The van der Waals surface area contributed by atoms with E-state index in [1.807, 2.05) is 20.8 Å². The first-order valence-electron chi connectivity index (χ1n) is 5.70. The normalized spacial score (nSPS) is 13.8. The van der Waals surface area contributed by atoms with Crippen LogP contribution in [0.2, 0.25) is 0 Å². The van der Waals surface area contributed by atoms with Crippen molar-refractivity contribution in [1.29, 1.82) is 0 Å². The maximum absolute atomic E-state index is 13.1. The van der Waals surface area contributed by atoms with Crippen molar-refractivity contribution in [3.05, 3.63) is 34.1 Å². The molecule has 0 fully saturated rings. The minimum atomic E-state index is -0.379. The van der Waals surface area contributed by atoms with Crippen molar-refractivity contribution >= 4 is 15.9 Å². The average molecular weight is 304 g/mol. The lowest BCUT2D eigenvalue weighted by Gasteiger charge is -2.31. The molecular weight excluding hydrogens is 285 g/mol. The van der Waals surface area contributed by atoms with Crippen molar-refractivity contribution in [2.45, 2.75) is 38.8 Å². The summed E-state index contributed by atoms with van der Waals surface area (Å²) >= 11 is 3.17. The molecule has 0 radical (unpaired) electrons. The van der Waals surface area contributed by atoms with Gasteiger partial charge < -0.3 is 10.5 Å². The average Bonchev–Trinajstić information content (AvgIpc) is 2.23. The number of nitrogens with two attached hydrogens (primary N) is 1. The molecule has 17 heavy (non-hydrogen) atoms. The molecule has 1 rings (SSSR count). The van der Waals surface area contributed by atoms with Crippen LogP contribution in [0.4, 0.5) is 4.39 Å². The predicted molar refractivity (Wildman–Crippen MR) is 71.5 cm³/mol. The smallest absolute Gasteiger partial charge is 0.137 e. The van der Waals surface area contributed by atoms with Crippen LogP contribution in [0, 0.1) is 5.82 Å². The van der Waals surface area contributed by atoms with Crippen LogP contribution in [0.3, 0.4) is 0 Å². The topological polar surface area (TPSA) is 35.2 Å². The van der Waals surface area contributed by atoms with Gasteiger partial charge in [-0.3, -0.25) is 0 Å². The summed E-state index contributed by atoms with van der Waals surface area (Å²) in [6.45, 7) is 6.52. The summed E-state index contributed by atoms with van der Waals surface area (Å²) in [5.41, 5.74) is 6.74. The molecule has 0 aliphatic heterocycles. The van der Waals surface area contributed by atoms with Gasteiger partial charge in [0.05, 0.1) is 10.1 Å². The van der Waals surface area contributed by atoms with Crippen LogP contribution in [0.5, 0.6) is 0 Å². The van der Waals surface area contributed by atoms with Crippen LogP contribution in [0.15, 0.2) is 22.7 Å². The Kier molecular flexibility index (Phi) is 5.10. The Morgan fingerprint density at radius 2 is 2.12 bits per heavy atom. The van der Waals surface area contributed by atoms with E-state index in [1.165, 1.54) is 6.07 Å². The molecule has 0 saturated heterocycles.